The van der Waals surface area contributed by atoms with E-state index in [0.29, 0.717) is 24.1 Å². The second kappa shape index (κ2) is 8.37. The molecule has 1 aromatic rings. The predicted molar refractivity (Wildman–Crippen MR) is 99.7 cm³/mol. The fourth-order valence-corrected chi connectivity index (χ4v) is 3.30. The van der Waals surface area contributed by atoms with Crippen molar-refractivity contribution in [3.8, 4) is 5.75 Å². The zero-order valence-corrected chi connectivity index (χ0v) is 16.0. The highest BCUT2D eigenvalue weighted by atomic mass is 16.5. The van der Waals surface area contributed by atoms with Crippen molar-refractivity contribution >= 4 is 17.5 Å². The zero-order valence-electron chi connectivity index (χ0n) is 16.0. The fourth-order valence-electron chi connectivity index (χ4n) is 3.30. The Kier molecular flexibility index (Phi) is 6.45. The second-order valence-corrected chi connectivity index (χ2v) is 7.64. The molecule has 0 radical (unpaired) electrons. The summed E-state index contributed by atoms with van der Waals surface area (Å²) in [6.45, 7) is 10.4. The van der Waals surface area contributed by atoms with Gasteiger partial charge in [-0.3, -0.25) is 9.59 Å². The molecule has 0 bridgehead atoms. The van der Waals surface area contributed by atoms with Crippen molar-refractivity contribution in [2.75, 3.05) is 31.6 Å². The van der Waals surface area contributed by atoms with Gasteiger partial charge in [-0.1, -0.05) is 33.8 Å². The van der Waals surface area contributed by atoms with Crippen LogP contribution < -0.4 is 9.64 Å². The van der Waals surface area contributed by atoms with Gasteiger partial charge in [0.2, 0.25) is 11.8 Å². The Labute approximate surface area is 150 Å². The van der Waals surface area contributed by atoms with E-state index >= 15 is 0 Å². The van der Waals surface area contributed by atoms with Crippen LogP contribution in [0.1, 0.15) is 34.1 Å². The van der Waals surface area contributed by atoms with Gasteiger partial charge in [0.05, 0.1) is 13.0 Å². The lowest BCUT2D eigenvalue weighted by molar-refractivity contribution is -0.136. The lowest BCUT2D eigenvalue weighted by atomic mass is 10.0. The van der Waals surface area contributed by atoms with Crippen molar-refractivity contribution in [2.45, 2.75) is 34.1 Å². The van der Waals surface area contributed by atoms with Crippen molar-refractivity contribution < 1.29 is 14.3 Å². The maximum Gasteiger partial charge on any atom is 0.228 e. The monoisotopic (exact) mass is 346 g/mol. The molecule has 0 spiro atoms. The number of hydrogen-bond donors (Lipinski definition) is 0. The average molecular weight is 346 g/mol. The third kappa shape index (κ3) is 4.97. The van der Waals surface area contributed by atoms with Crippen LogP contribution in [0.5, 0.6) is 5.75 Å². The van der Waals surface area contributed by atoms with E-state index in [1.807, 2.05) is 29.2 Å². The first-order valence-electron chi connectivity index (χ1n) is 9.05. The number of carbonyl (C=O) groups is 2. The number of hydrogen-bond acceptors (Lipinski definition) is 3. The standard InChI is InChI=1S/C20H30N2O3/c1-14(2)11-21(12-15(3)4)20(24)16-9-19(23)22(13-16)17-7-6-8-18(10-17)25-5/h6-8,10,14-16H,9,11-13H2,1-5H3/t16-/m1/s1. The van der Waals surface area contributed by atoms with Crippen molar-refractivity contribution in [2.24, 2.45) is 17.8 Å². The number of ether oxygens (including phenoxy) is 1. The van der Waals surface area contributed by atoms with Gasteiger partial charge in [-0.25, -0.2) is 0 Å². The van der Waals surface area contributed by atoms with Gasteiger partial charge in [0.1, 0.15) is 5.75 Å². The van der Waals surface area contributed by atoms with Gasteiger partial charge in [0, 0.05) is 37.8 Å². The molecule has 1 atom stereocenters. The molecule has 1 aromatic carbocycles. The lowest BCUT2D eigenvalue weighted by Crippen LogP contribution is -2.41. The Bertz CT molecular complexity index is 603. The minimum atomic E-state index is -0.267. The molecule has 25 heavy (non-hydrogen) atoms. The lowest BCUT2D eigenvalue weighted by Gasteiger charge is -2.28. The maximum atomic E-state index is 13.0. The molecular formula is C20H30N2O3. The Morgan fingerprint density at radius 3 is 2.44 bits per heavy atom. The Hall–Kier alpha value is -2.04. The quantitative estimate of drug-likeness (QED) is 0.762. The number of methoxy groups -OCH3 is 1. The number of anilines is 1. The van der Waals surface area contributed by atoms with Gasteiger partial charge in [-0.15, -0.1) is 0 Å². The summed E-state index contributed by atoms with van der Waals surface area (Å²) in [6, 6.07) is 7.43. The Balaban J connectivity index is 2.12. The van der Waals surface area contributed by atoms with Gasteiger partial charge < -0.3 is 14.5 Å². The normalized spacial score (nSPS) is 17.5. The molecule has 1 aliphatic rings. The van der Waals surface area contributed by atoms with Crippen LogP contribution in [-0.2, 0) is 9.59 Å². The van der Waals surface area contributed by atoms with E-state index in [4.69, 9.17) is 4.74 Å². The Morgan fingerprint density at radius 2 is 1.88 bits per heavy atom. The highest BCUT2D eigenvalue weighted by molar-refractivity contribution is 6.00. The van der Waals surface area contributed by atoms with Gasteiger partial charge in [-0.2, -0.15) is 0 Å². The molecule has 5 nitrogen and oxygen atoms in total. The van der Waals surface area contributed by atoms with Gasteiger partial charge in [0.15, 0.2) is 0 Å². The second-order valence-electron chi connectivity index (χ2n) is 7.64. The molecule has 0 saturated carbocycles. The molecule has 1 heterocycles. The number of rotatable bonds is 7. The summed E-state index contributed by atoms with van der Waals surface area (Å²) in [7, 11) is 1.60. The van der Waals surface area contributed by atoms with Crippen LogP contribution in [0.15, 0.2) is 24.3 Å². The molecule has 5 heteroatoms. The van der Waals surface area contributed by atoms with Crippen molar-refractivity contribution in [1.29, 1.82) is 0 Å². The van der Waals surface area contributed by atoms with Crippen LogP contribution in [0.25, 0.3) is 0 Å². The van der Waals surface area contributed by atoms with E-state index in [1.54, 1.807) is 12.0 Å². The van der Waals surface area contributed by atoms with Crippen LogP contribution >= 0.6 is 0 Å². The highest BCUT2D eigenvalue weighted by Gasteiger charge is 2.37. The summed E-state index contributed by atoms with van der Waals surface area (Å²) in [4.78, 5) is 29.1. The van der Waals surface area contributed by atoms with E-state index in [-0.39, 0.29) is 24.2 Å². The summed E-state index contributed by atoms with van der Waals surface area (Å²) >= 11 is 0. The molecule has 138 valence electrons. The summed E-state index contributed by atoms with van der Waals surface area (Å²) < 4.78 is 5.24. The first-order chi connectivity index (χ1) is 11.8. The first kappa shape index (κ1) is 19.3. The zero-order chi connectivity index (χ0) is 18.6. The SMILES string of the molecule is COc1cccc(N2C[C@H](C(=O)N(CC(C)C)CC(C)C)CC2=O)c1. The van der Waals surface area contributed by atoms with Crippen LogP contribution in [0.3, 0.4) is 0 Å². The molecule has 1 fully saturated rings. The third-order valence-corrected chi connectivity index (χ3v) is 4.32. The molecule has 2 amide bonds. The molecule has 0 unspecified atom stereocenters. The highest BCUT2D eigenvalue weighted by Crippen LogP contribution is 2.29. The number of carbonyl (C=O) groups excluding carboxylic acids is 2. The molecule has 0 N–H and O–H groups in total. The number of nitrogens with zero attached hydrogens (tertiary/aromatic N) is 2. The topological polar surface area (TPSA) is 49.9 Å². The molecule has 1 saturated heterocycles. The van der Waals surface area contributed by atoms with E-state index in [1.165, 1.54) is 0 Å². The van der Waals surface area contributed by atoms with E-state index in [9.17, 15) is 9.59 Å². The smallest absolute Gasteiger partial charge is 0.228 e. The summed E-state index contributed by atoms with van der Waals surface area (Å²) in [5.41, 5.74) is 0.791. The van der Waals surface area contributed by atoms with E-state index in [0.717, 1.165) is 18.8 Å². The third-order valence-electron chi connectivity index (χ3n) is 4.32. The molecule has 0 aliphatic carbocycles. The van der Waals surface area contributed by atoms with Crippen molar-refractivity contribution in [3.05, 3.63) is 24.3 Å². The first-order valence-corrected chi connectivity index (χ1v) is 9.05. The van der Waals surface area contributed by atoms with E-state index in [2.05, 4.69) is 27.7 Å². The Morgan fingerprint density at radius 1 is 1.24 bits per heavy atom. The van der Waals surface area contributed by atoms with Crippen LogP contribution in [0.4, 0.5) is 5.69 Å². The average Bonchev–Trinajstić information content (AvgIpc) is 2.94. The van der Waals surface area contributed by atoms with E-state index < -0.39 is 0 Å². The molecular weight excluding hydrogens is 316 g/mol. The predicted octanol–water partition coefficient (Wildman–Crippen LogP) is 3.19. The summed E-state index contributed by atoms with van der Waals surface area (Å²) in [6.07, 6.45) is 0.280. The fraction of sp³-hybridized carbons (Fsp3) is 0.600. The number of benzene rings is 1. The minimum Gasteiger partial charge on any atom is -0.497 e. The summed E-state index contributed by atoms with van der Waals surface area (Å²) in [5.74, 6) is 1.36. The molecule has 2 rings (SSSR count). The van der Waals surface area contributed by atoms with Crippen LogP contribution in [-0.4, -0.2) is 43.5 Å². The minimum absolute atomic E-state index is 0.000599. The van der Waals surface area contributed by atoms with Gasteiger partial charge >= 0.3 is 0 Å². The van der Waals surface area contributed by atoms with Crippen molar-refractivity contribution in [3.63, 3.8) is 0 Å². The molecule has 1 aliphatic heterocycles. The van der Waals surface area contributed by atoms with Crippen LogP contribution in [0, 0.1) is 17.8 Å². The largest absolute Gasteiger partial charge is 0.497 e. The summed E-state index contributed by atoms with van der Waals surface area (Å²) in [5, 5.41) is 0. The van der Waals surface area contributed by atoms with Gasteiger partial charge in [-0.05, 0) is 24.0 Å². The van der Waals surface area contributed by atoms with Crippen molar-refractivity contribution in [1.82, 2.24) is 4.90 Å². The maximum absolute atomic E-state index is 13.0. The van der Waals surface area contributed by atoms with Crippen LogP contribution in [0.2, 0.25) is 0 Å². The molecule has 0 aromatic heterocycles. The van der Waals surface area contributed by atoms with Gasteiger partial charge in [0.25, 0.3) is 0 Å². The number of amides is 2.